The van der Waals surface area contributed by atoms with Gasteiger partial charge in [0.2, 0.25) is 5.91 Å². The third kappa shape index (κ3) is 0.801. The zero-order valence-electron chi connectivity index (χ0n) is 4.20. The van der Waals surface area contributed by atoms with E-state index < -0.39 is 12.0 Å². The van der Waals surface area contributed by atoms with E-state index in [0.29, 0.717) is 0 Å². The molecular weight excluding hydrogens is 110 g/mol. The topological polar surface area (TPSA) is 75.9 Å². The van der Waals surface area contributed by atoms with Crippen LogP contribution in [0.3, 0.4) is 0 Å². The first-order valence-electron chi connectivity index (χ1n) is 2.31. The molecule has 4 heteroatoms. The number of ether oxygens (including phenoxy) is 1. The second kappa shape index (κ2) is 1.72. The maximum absolute atomic E-state index is 10.1. The van der Waals surface area contributed by atoms with Crippen LogP contribution in [0.1, 0.15) is 0 Å². The average Bonchev–Trinajstić information content (AvgIpc) is 2.42. The molecule has 0 aromatic carbocycles. The zero-order chi connectivity index (χ0) is 6.15. The minimum absolute atomic E-state index is 0.117. The predicted molar refractivity (Wildman–Crippen MR) is 24.9 cm³/mol. The molecule has 0 bridgehead atoms. The lowest BCUT2D eigenvalue weighted by Crippen LogP contribution is -2.20. The van der Waals surface area contributed by atoms with Gasteiger partial charge < -0.3 is 15.6 Å². The summed E-state index contributed by atoms with van der Waals surface area (Å²) in [5.74, 6) is -0.496. The predicted octanol–water partition coefficient (Wildman–Crippen LogP) is -1.77. The van der Waals surface area contributed by atoms with Gasteiger partial charge in [-0.3, -0.25) is 4.79 Å². The van der Waals surface area contributed by atoms with Crippen molar-refractivity contribution in [2.24, 2.45) is 5.73 Å². The van der Waals surface area contributed by atoms with Gasteiger partial charge >= 0.3 is 0 Å². The van der Waals surface area contributed by atoms with Crippen LogP contribution in [-0.2, 0) is 9.53 Å². The summed E-state index contributed by atoms with van der Waals surface area (Å²) >= 11 is 0. The van der Waals surface area contributed by atoms with Crippen molar-refractivity contribution in [1.82, 2.24) is 0 Å². The summed E-state index contributed by atoms with van der Waals surface area (Å²) < 4.78 is 4.60. The van der Waals surface area contributed by atoms with Crippen LogP contribution in [-0.4, -0.2) is 29.8 Å². The molecule has 1 heterocycles. The number of aliphatic hydroxyl groups is 1. The molecule has 0 spiro atoms. The van der Waals surface area contributed by atoms with Gasteiger partial charge in [-0.15, -0.1) is 0 Å². The van der Waals surface area contributed by atoms with E-state index in [4.69, 9.17) is 10.8 Å². The van der Waals surface area contributed by atoms with Crippen LogP contribution in [0, 0.1) is 0 Å². The highest BCUT2D eigenvalue weighted by atomic mass is 16.6. The summed E-state index contributed by atoms with van der Waals surface area (Å²) in [7, 11) is 0. The van der Waals surface area contributed by atoms with Crippen LogP contribution in [0.5, 0.6) is 0 Å². The minimum atomic E-state index is -0.528. The summed E-state index contributed by atoms with van der Waals surface area (Å²) in [5, 5.41) is 8.29. The van der Waals surface area contributed by atoms with Gasteiger partial charge in [-0.05, 0) is 0 Å². The molecule has 0 aromatic heterocycles. The van der Waals surface area contributed by atoms with Gasteiger partial charge in [0.15, 0.2) is 6.10 Å². The number of primary amides is 1. The van der Waals surface area contributed by atoms with E-state index in [0.717, 1.165) is 0 Å². The Bertz CT molecular complexity index is 114. The molecular formula is C4H7NO3. The fourth-order valence-corrected chi connectivity index (χ4v) is 0.532. The van der Waals surface area contributed by atoms with Crippen molar-refractivity contribution in [2.45, 2.75) is 12.2 Å². The van der Waals surface area contributed by atoms with Crippen molar-refractivity contribution in [2.75, 3.05) is 6.61 Å². The molecule has 1 amide bonds. The largest absolute Gasteiger partial charge is 0.394 e. The van der Waals surface area contributed by atoms with Crippen LogP contribution in [0.4, 0.5) is 0 Å². The molecule has 0 radical (unpaired) electrons. The second-order valence-corrected chi connectivity index (χ2v) is 1.68. The molecule has 3 N–H and O–H groups in total. The SMILES string of the molecule is NC(=O)[C@H]1O[C@H]1CO. The molecule has 46 valence electrons. The number of carbonyl (C=O) groups is 1. The summed E-state index contributed by atoms with van der Waals surface area (Å²) in [6.45, 7) is -0.117. The Hall–Kier alpha value is -0.610. The van der Waals surface area contributed by atoms with Crippen LogP contribution >= 0.6 is 0 Å². The van der Waals surface area contributed by atoms with Crippen LogP contribution in [0.2, 0.25) is 0 Å². The highest BCUT2D eigenvalue weighted by Gasteiger charge is 2.42. The number of epoxide rings is 1. The van der Waals surface area contributed by atoms with Gasteiger partial charge in [0.1, 0.15) is 6.10 Å². The summed E-state index contributed by atoms with van der Waals surface area (Å²) in [5.41, 5.74) is 4.79. The lowest BCUT2D eigenvalue weighted by Gasteiger charge is -1.79. The van der Waals surface area contributed by atoms with E-state index in [-0.39, 0.29) is 12.7 Å². The van der Waals surface area contributed by atoms with Crippen LogP contribution in [0.15, 0.2) is 0 Å². The molecule has 0 aliphatic carbocycles. The quantitative estimate of drug-likeness (QED) is 0.420. The summed E-state index contributed by atoms with van der Waals surface area (Å²) in [6, 6.07) is 0. The van der Waals surface area contributed by atoms with Crippen LogP contribution < -0.4 is 5.73 Å². The number of hydrogen-bond acceptors (Lipinski definition) is 3. The molecule has 0 saturated carbocycles. The van der Waals surface area contributed by atoms with Crippen molar-refractivity contribution in [3.05, 3.63) is 0 Å². The standard InChI is InChI=1S/C4H7NO3/c5-4(7)3-2(1-6)8-3/h2-3,6H,1H2,(H2,5,7)/t2-,3-/m0/s1. The van der Waals surface area contributed by atoms with E-state index in [1.165, 1.54) is 0 Å². The maximum atomic E-state index is 10.1. The van der Waals surface area contributed by atoms with Gasteiger partial charge in [-0.1, -0.05) is 0 Å². The normalized spacial score (nSPS) is 34.6. The van der Waals surface area contributed by atoms with Gasteiger partial charge in [-0.25, -0.2) is 0 Å². The van der Waals surface area contributed by atoms with E-state index in [1.54, 1.807) is 0 Å². The Labute approximate surface area is 46.2 Å². The third-order valence-electron chi connectivity index (χ3n) is 1.04. The fraction of sp³-hybridized carbons (Fsp3) is 0.750. The molecule has 1 aliphatic rings. The first kappa shape index (κ1) is 5.53. The van der Waals surface area contributed by atoms with Gasteiger partial charge in [0.05, 0.1) is 6.61 Å². The number of carbonyl (C=O) groups excluding carboxylic acids is 1. The average molecular weight is 117 g/mol. The Morgan fingerprint density at radius 2 is 2.50 bits per heavy atom. The summed E-state index contributed by atoms with van der Waals surface area (Å²) in [4.78, 5) is 10.1. The Morgan fingerprint density at radius 1 is 1.88 bits per heavy atom. The minimum Gasteiger partial charge on any atom is -0.394 e. The molecule has 8 heavy (non-hydrogen) atoms. The Balaban J connectivity index is 2.26. The van der Waals surface area contributed by atoms with Crippen molar-refractivity contribution in [3.8, 4) is 0 Å². The number of rotatable bonds is 2. The molecule has 1 fully saturated rings. The van der Waals surface area contributed by atoms with Crippen molar-refractivity contribution >= 4 is 5.91 Å². The van der Waals surface area contributed by atoms with Crippen molar-refractivity contribution < 1.29 is 14.6 Å². The van der Waals surface area contributed by atoms with Crippen molar-refractivity contribution in [1.29, 1.82) is 0 Å². The lowest BCUT2D eigenvalue weighted by molar-refractivity contribution is -0.119. The Morgan fingerprint density at radius 3 is 2.62 bits per heavy atom. The first-order valence-corrected chi connectivity index (χ1v) is 2.31. The smallest absolute Gasteiger partial charge is 0.249 e. The maximum Gasteiger partial charge on any atom is 0.249 e. The van der Waals surface area contributed by atoms with Crippen molar-refractivity contribution in [3.63, 3.8) is 0 Å². The van der Waals surface area contributed by atoms with Gasteiger partial charge in [-0.2, -0.15) is 0 Å². The molecule has 1 saturated heterocycles. The van der Waals surface area contributed by atoms with E-state index in [9.17, 15) is 4.79 Å². The van der Waals surface area contributed by atoms with E-state index >= 15 is 0 Å². The number of amides is 1. The molecule has 0 aromatic rings. The van der Waals surface area contributed by atoms with E-state index in [1.807, 2.05) is 0 Å². The molecule has 1 rings (SSSR count). The molecule has 2 atom stereocenters. The zero-order valence-corrected chi connectivity index (χ0v) is 4.20. The van der Waals surface area contributed by atoms with E-state index in [2.05, 4.69) is 4.74 Å². The highest BCUT2D eigenvalue weighted by Crippen LogP contribution is 2.19. The number of aliphatic hydroxyl groups excluding tert-OH is 1. The van der Waals surface area contributed by atoms with Gasteiger partial charge in [0, 0.05) is 0 Å². The number of nitrogens with two attached hydrogens (primary N) is 1. The first-order chi connectivity index (χ1) is 3.75. The monoisotopic (exact) mass is 117 g/mol. The van der Waals surface area contributed by atoms with Gasteiger partial charge in [0.25, 0.3) is 0 Å². The molecule has 0 unspecified atom stereocenters. The molecule has 4 nitrogen and oxygen atoms in total. The van der Waals surface area contributed by atoms with Crippen LogP contribution in [0.25, 0.3) is 0 Å². The second-order valence-electron chi connectivity index (χ2n) is 1.68. The number of hydrogen-bond donors (Lipinski definition) is 2. The lowest BCUT2D eigenvalue weighted by atomic mass is 10.3. The Kier molecular flexibility index (Phi) is 1.19. The molecule has 1 aliphatic heterocycles. The highest BCUT2D eigenvalue weighted by molar-refractivity contribution is 5.81. The fourth-order valence-electron chi connectivity index (χ4n) is 0.532. The summed E-state index contributed by atoms with van der Waals surface area (Å²) in [6.07, 6.45) is -0.854. The third-order valence-corrected chi connectivity index (χ3v) is 1.04.